The first-order valence-corrected chi connectivity index (χ1v) is 4.88. The fourth-order valence-corrected chi connectivity index (χ4v) is 2.26. The molecule has 0 aliphatic carbocycles. The van der Waals surface area contributed by atoms with Gasteiger partial charge in [0.15, 0.2) is 0 Å². The smallest absolute Gasteiger partial charge is 0.216 e. The molecule has 5 nitrogen and oxygen atoms in total. The van der Waals surface area contributed by atoms with Crippen molar-refractivity contribution in [3.63, 3.8) is 0 Å². The number of nitrogens with zero attached hydrogens (tertiary/aromatic N) is 2. The van der Waals surface area contributed by atoms with Gasteiger partial charge < -0.3 is 0 Å². The Labute approximate surface area is 84.1 Å². The van der Waals surface area contributed by atoms with Gasteiger partial charge in [0, 0.05) is 11.1 Å². The van der Waals surface area contributed by atoms with Gasteiger partial charge >= 0.3 is 5.09 Å². The summed E-state index contributed by atoms with van der Waals surface area (Å²) in [5.74, 6) is 0. The highest BCUT2D eigenvalue weighted by atomic mass is 17.0. The molecule has 0 saturated carbocycles. The van der Waals surface area contributed by atoms with Crippen LogP contribution in [0.15, 0.2) is 0 Å². The van der Waals surface area contributed by atoms with Crippen LogP contribution in [-0.2, 0) is 4.94 Å². The van der Waals surface area contributed by atoms with Crippen LogP contribution in [0.4, 0.5) is 0 Å². The first-order chi connectivity index (χ1) is 6.26. The molecule has 1 fully saturated rings. The van der Waals surface area contributed by atoms with Crippen molar-refractivity contribution in [2.24, 2.45) is 0 Å². The minimum atomic E-state index is -0.727. The molecule has 0 aromatic heterocycles. The molecule has 0 atom stereocenters. The number of rotatable bonds is 2. The van der Waals surface area contributed by atoms with Crippen molar-refractivity contribution in [2.75, 3.05) is 0 Å². The molecule has 0 aromatic carbocycles. The molecule has 82 valence electrons. The predicted molar refractivity (Wildman–Crippen MR) is 51.9 cm³/mol. The lowest BCUT2D eigenvalue weighted by Gasteiger charge is -2.49. The molecule has 0 bridgehead atoms. The Balaban J connectivity index is 2.85. The summed E-state index contributed by atoms with van der Waals surface area (Å²) in [6.07, 6.45) is 2.92. The van der Waals surface area contributed by atoms with Gasteiger partial charge in [-0.1, -0.05) is 0 Å². The normalized spacial score (nSPS) is 25.7. The molecule has 14 heavy (non-hydrogen) atoms. The fourth-order valence-electron chi connectivity index (χ4n) is 2.26. The van der Waals surface area contributed by atoms with Crippen molar-refractivity contribution in [2.45, 2.75) is 58.0 Å². The fraction of sp³-hybridized carbons (Fsp3) is 1.00. The molecular weight excluding hydrogens is 184 g/mol. The van der Waals surface area contributed by atoms with E-state index in [9.17, 15) is 10.1 Å². The zero-order chi connectivity index (χ0) is 11.0. The number of hydrogen-bond acceptors (Lipinski definition) is 4. The lowest BCUT2D eigenvalue weighted by molar-refractivity contribution is -0.822. The molecule has 0 radical (unpaired) electrons. The highest BCUT2D eigenvalue weighted by molar-refractivity contribution is 4.92. The van der Waals surface area contributed by atoms with Crippen LogP contribution < -0.4 is 0 Å². The topological polar surface area (TPSA) is 55.6 Å². The van der Waals surface area contributed by atoms with Crippen molar-refractivity contribution in [3.05, 3.63) is 10.1 Å². The van der Waals surface area contributed by atoms with Gasteiger partial charge in [-0.25, -0.2) is 4.94 Å². The van der Waals surface area contributed by atoms with E-state index in [1.807, 2.05) is 27.7 Å². The molecule has 1 saturated heterocycles. The van der Waals surface area contributed by atoms with E-state index in [0.717, 1.165) is 19.3 Å². The van der Waals surface area contributed by atoms with Crippen LogP contribution >= 0.6 is 0 Å². The SMILES string of the molecule is CC1(C)CCCC(C)(C)N1O[N+](=O)[O-]. The average Bonchev–Trinajstić information content (AvgIpc) is 1.96. The van der Waals surface area contributed by atoms with Crippen LogP contribution in [0.5, 0.6) is 0 Å². The maximum Gasteiger partial charge on any atom is 0.312 e. The second kappa shape index (κ2) is 3.38. The molecule has 1 aliphatic heterocycles. The van der Waals surface area contributed by atoms with Crippen molar-refractivity contribution in [3.8, 4) is 0 Å². The van der Waals surface area contributed by atoms with Gasteiger partial charge in [0.1, 0.15) is 0 Å². The Morgan fingerprint density at radius 2 is 1.64 bits per heavy atom. The van der Waals surface area contributed by atoms with Gasteiger partial charge in [0.25, 0.3) is 0 Å². The summed E-state index contributed by atoms with van der Waals surface area (Å²) in [4.78, 5) is 15.1. The molecule has 0 amide bonds. The van der Waals surface area contributed by atoms with Gasteiger partial charge in [-0.05, 0) is 47.0 Å². The van der Waals surface area contributed by atoms with Crippen molar-refractivity contribution in [1.82, 2.24) is 5.06 Å². The van der Waals surface area contributed by atoms with Crippen molar-refractivity contribution in [1.29, 1.82) is 0 Å². The average molecular weight is 202 g/mol. The minimum Gasteiger partial charge on any atom is -0.216 e. The van der Waals surface area contributed by atoms with Gasteiger partial charge in [-0.2, -0.15) is 0 Å². The molecule has 0 unspecified atom stereocenters. The van der Waals surface area contributed by atoms with E-state index >= 15 is 0 Å². The zero-order valence-electron chi connectivity index (χ0n) is 9.24. The second-order valence-corrected chi connectivity index (χ2v) is 5.08. The summed E-state index contributed by atoms with van der Waals surface area (Å²) in [7, 11) is 0. The Hall–Kier alpha value is -0.840. The van der Waals surface area contributed by atoms with Gasteiger partial charge in [0.2, 0.25) is 0 Å². The maximum absolute atomic E-state index is 10.4. The summed E-state index contributed by atoms with van der Waals surface area (Å²) < 4.78 is 0. The standard InChI is InChI=1S/C9H18N2O3/c1-8(2)6-5-7-9(3,4)10(8)14-11(12)13/h5-7H2,1-4H3. The zero-order valence-corrected chi connectivity index (χ0v) is 9.24. The highest BCUT2D eigenvalue weighted by Crippen LogP contribution is 2.38. The summed E-state index contributed by atoms with van der Waals surface area (Å²) in [6.45, 7) is 7.88. The molecule has 1 heterocycles. The third kappa shape index (κ3) is 2.15. The van der Waals surface area contributed by atoms with Crippen LogP contribution in [-0.4, -0.2) is 21.2 Å². The maximum atomic E-state index is 10.4. The molecule has 0 N–H and O–H groups in total. The molecule has 1 aliphatic rings. The molecule has 5 heteroatoms. The van der Waals surface area contributed by atoms with E-state index < -0.39 is 5.09 Å². The molecule has 0 aromatic rings. The summed E-state index contributed by atoms with van der Waals surface area (Å²) in [5, 5.41) is 11.2. The van der Waals surface area contributed by atoms with E-state index in [0.29, 0.717) is 0 Å². The number of hydrogen-bond donors (Lipinski definition) is 0. The van der Waals surface area contributed by atoms with Crippen molar-refractivity contribution >= 4 is 0 Å². The van der Waals surface area contributed by atoms with Crippen LogP contribution in [0.3, 0.4) is 0 Å². The third-order valence-electron chi connectivity index (χ3n) is 2.83. The highest BCUT2D eigenvalue weighted by Gasteiger charge is 2.43. The van der Waals surface area contributed by atoms with Crippen LogP contribution in [0.25, 0.3) is 0 Å². The molecular formula is C9H18N2O3. The lowest BCUT2D eigenvalue weighted by Crippen LogP contribution is -2.58. The number of piperidine rings is 1. The van der Waals surface area contributed by atoms with Gasteiger partial charge in [0.05, 0.1) is 0 Å². The van der Waals surface area contributed by atoms with Gasteiger partial charge in [-0.3, -0.25) is 0 Å². The van der Waals surface area contributed by atoms with E-state index in [4.69, 9.17) is 0 Å². The number of hydroxylamine groups is 2. The first kappa shape index (κ1) is 11.2. The van der Waals surface area contributed by atoms with E-state index in [1.54, 1.807) is 0 Å². The van der Waals surface area contributed by atoms with E-state index in [1.165, 1.54) is 5.06 Å². The van der Waals surface area contributed by atoms with Crippen molar-refractivity contribution < 1.29 is 10.0 Å². The minimum absolute atomic E-state index is 0.269. The Morgan fingerprint density at radius 3 is 2.00 bits per heavy atom. The molecule has 1 rings (SSSR count). The summed E-state index contributed by atoms with van der Waals surface area (Å²) >= 11 is 0. The monoisotopic (exact) mass is 202 g/mol. The Morgan fingerprint density at radius 1 is 1.21 bits per heavy atom. The largest absolute Gasteiger partial charge is 0.312 e. The van der Waals surface area contributed by atoms with Crippen LogP contribution in [0, 0.1) is 10.1 Å². The second-order valence-electron chi connectivity index (χ2n) is 5.08. The summed E-state index contributed by atoms with van der Waals surface area (Å²) in [6, 6.07) is 0. The molecule has 0 spiro atoms. The Bertz CT molecular complexity index is 222. The van der Waals surface area contributed by atoms with Crippen LogP contribution in [0.2, 0.25) is 0 Å². The van der Waals surface area contributed by atoms with E-state index in [-0.39, 0.29) is 11.1 Å². The van der Waals surface area contributed by atoms with E-state index in [2.05, 4.69) is 4.94 Å². The summed E-state index contributed by atoms with van der Waals surface area (Å²) in [5.41, 5.74) is -0.538. The Kier molecular flexibility index (Phi) is 2.71. The van der Waals surface area contributed by atoms with Gasteiger partial charge in [-0.15, -0.1) is 15.2 Å². The van der Waals surface area contributed by atoms with Crippen LogP contribution in [0.1, 0.15) is 47.0 Å². The third-order valence-corrected chi connectivity index (χ3v) is 2.83. The quantitative estimate of drug-likeness (QED) is 0.508. The first-order valence-electron chi connectivity index (χ1n) is 4.88. The lowest BCUT2D eigenvalue weighted by atomic mass is 9.82. The predicted octanol–water partition coefficient (Wildman–Crippen LogP) is 2.15.